The molecule has 1 saturated heterocycles. The summed E-state index contributed by atoms with van der Waals surface area (Å²) in [6.07, 6.45) is 4.44. The highest BCUT2D eigenvalue weighted by atomic mass is 16.2. The molecular weight excluding hydrogens is 370 g/mol. The topological polar surface area (TPSA) is 39.3 Å². The molecule has 2 aromatic carbocycles. The molecule has 1 N–H and O–H groups in total. The van der Waals surface area contributed by atoms with E-state index in [4.69, 9.17) is 0 Å². The summed E-state index contributed by atoms with van der Waals surface area (Å²) in [4.78, 5) is 21.3. The number of piperidine rings is 1. The number of rotatable bonds is 4. The van der Waals surface area contributed by atoms with E-state index in [9.17, 15) is 4.79 Å². The molecule has 5 rings (SSSR count). The van der Waals surface area contributed by atoms with Crippen LogP contribution in [0.4, 0.5) is 0 Å². The fourth-order valence-corrected chi connectivity index (χ4v) is 5.27. The number of hydrogen-bond acceptors (Lipinski definition) is 2. The van der Waals surface area contributed by atoms with Crippen molar-refractivity contribution < 1.29 is 4.79 Å². The van der Waals surface area contributed by atoms with Crippen LogP contribution in [-0.2, 0) is 24.2 Å². The number of amides is 1. The first kappa shape index (κ1) is 19.4. The normalized spacial score (nSPS) is 19.0. The van der Waals surface area contributed by atoms with Gasteiger partial charge in [0.25, 0.3) is 0 Å². The predicted octanol–water partition coefficient (Wildman–Crippen LogP) is 4.40. The second-order valence-corrected chi connectivity index (χ2v) is 8.98. The van der Waals surface area contributed by atoms with Crippen molar-refractivity contribution in [2.45, 2.75) is 45.2 Å². The highest BCUT2D eigenvalue weighted by molar-refractivity contribution is 5.87. The van der Waals surface area contributed by atoms with Crippen LogP contribution in [0.3, 0.4) is 0 Å². The van der Waals surface area contributed by atoms with E-state index in [1.165, 1.54) is 40.6 Å². The number of aromatic nitrogens is 1. The zero-order valence-electron chi connectivity index (χ0n) is 17.8. The second kappa shape index (κ2) is 8.27. The van der Waals surface area contributed by atoms with Crippen LogP contribution in [0.1, 0.15) is 36.6 Å². The Morgan fingerprint density at radius 2 is 1.77 bits per heavy atom. The van der Waals surface area contributed by atoms with Crippen molar-refractivity contribution in [2.75, 3.05) is 19.6 Å². The Bertz CT molecular complexity index is 1020. The Hall–Kier alpha value is -2.59. The predicted molar refractivity (Wildman–Crippen MR) is 121 cm³/mol. The van der Waals surface area contributed by atoms with Crippen molar-refractivity contribution in [1.29, 1.82) is 0 Å². The number of nitrogens with one attached hydrogen (secondary N) is 1. The summed E-state index contributed by atoms with van der Waals surface area (Å²) < 4.78 is 0. The number of hydrogen-bond donors (Lipinski definition) is 1. The van der Waals surface area contributed by atoms with Gasteiger partial charge in [0.05, 0.1) is 6.04 Å². The Balaban J connectivity index is 1.20. The van der Waals surface area contributed by atoms with Crippen molar-refractivity contribution in [3.63, 3.8) is 0 Å². The molecule has 1 atom stereocenters. The van der Waals surface area contributed by atoms with E-state index >= 15 is 0 Å². The van der Waals surface area contributed by atoms with Crippen molar-refractivity contribution >= 4 is 16.8 Å². The molecule has 3 aromatic rings. The van der Waals surface area contributed by atoms with Crippen molar-refractivity contribution in [1.82, 2.24) is 14.8 Å². The standard InChI is InChI=1S/C26H31N3O/c1-19(28-14-11-21(12-15-28)17-20-7-3-2-4-8-20)26(30)29-16-13-25-23(18-29)22-9-5-6-10-24(22)27-25/h2-10,19,21,27H,11-18H2,1H3. The van der Waals surface area contributed by atoms with Crippen LogP contribution in [0.2, 0.25) is 0 Å². The molecule has 2 aliphatic rings. The monoisotopic (exact) mass is 401 g/mol. The lowest BCUT2D eigenvalue weighted by Gasteiger charge is -2.38. The quantitative estimate of drug-likeness (QED) is 0.704. The molecule has 1 amide bonds. The number of nitrogens with zero attached hydrogens (tertiary/aromatic N) is 2. The van der Waals surface area contributed by atoms with Gasteiger partial charge in [-0.1, -0.05) is 48.5 Å². The minimum absolute atomic E-state index is 0.0329. The van der Waals surface area contributed by atoms with Gasteiger partial charge in [-0.25, -0.2) is 0 Å². The average Bonchev–Trinajstić information content (AvgIpc) is 3.17. The maximum Gasteiger partial charge on any atom is 0.239 e. The molecule has 3 heterocycles. The van der Waals surface area contributed by atoms with E-state index in [1.807, 2.05) is 0 Å². The first-order valence-electron chi connectivity index (χ1n) is 11.3. The number of H-pyrrole nitrogens is 1. The summed E-state index contributed by atoms with van der Waals surface area (Å²) in [5.74, 6) is 1.02. The van der Waals surface area contributed by atoms with Crippen LogP contribution in [0.5, 0.6) is 0 Å². The molecule has 0 radical (unpaired) electrons. The summed E-state index contributed by atoms with van der Waals surface area (Å²) in [6.45, 7) is 5.69. The fourth-order valence-electron chi connectivity index (χ4n) is 5.27. The van der Waals surface area contributed by atoms with Crippen molar-refractivity contribution in [3.05, 3.63) is 71.4 Å². The Morgan fingerprint density at radius 3 is 2.57 bits per heavy atom. The molecule has 156 valence electrons. The lowest BCUT2D eigenvalue weighted by Crippen LogP contribution is -2.50. The third-order valence-corrected chi connectivity index (χ3v) is 7.12. The lowest BCUT2D eigenvalue weighted by atomic mass is 9.89. The Morgan fingerprint density at radius 1 is 1.03 bits per heavy atom. The zero-order valence-corrected chi connectivity index (χ0v) is 17.8. The molecule has 0 bridgehead atoms. The molecule has 0 saturated carbocycles. The van der Waals surface area contributed by atoms with Gasteiger partial charge in [0.2, 0.25) is 5.91 Å². The maximum absolute atomic E-state index is 13.3. The van der Waals surface area contributed by atoms with Crippen molar-refractivity contribution in [3.8, 4) is 0 Å². The lowest BCUT2D eigenvalue weighted by molar-refractivity contribution is -0.138. The van der Waals surface area contributed by atoms with Crippen LogP contribution in [0, 0.1) is 5.92 Å². The summed E-state index contributed by atoms with van der Waals surface area (Å²) in [6, 6.07) is 19.2. The molecule has 4 nitrogen and oxygen atoms in total. The summed E-state index contributed by atoms with van der Waals surface area (Å²) in [5.41, 5.74) is 5.22. The second-order valence-electron chi connectivity index (χ2n) is 8.98. The zero-order chi connectivity index (χ0) is 20.5. The number of aromatic amines is 1. The van der Waals surface area contributed by atoms with Crippen LogP contribution >= 0.6 is 0 Å². The van der Waals surface area contributed by atoms with Gasteiger partial charge in [0.1, 0.15) is 0 Å². The summed E-state index contributed by atoms with van der Waals surface area (Å²) >= 11 is 0. The third-order valence-electron chi connectivity index (χ3n) is 7.12. The van der Waals surface area contributed by atoms with E-state index in [0.29, 0.717) is 0 Å². The van der Waals surface area contributed by atoms with E-state index in [2.05, 4.69) is 76.3 Å². The van der Waals surface area contributed by atoms with Gasteiger partial charge in [-0.15, -0.1) is 0 Å². The number of fused-ring (bicyclic) bond motifs is 3. The van der Waals surface area contributed by atoms with Crippen LogP contribution in [0.15, 0.2) is 54.6 Å². The van der Waals surface area contributed by atoms with E-state index in [-0.39, 0.29) is 11.9 Å². The smallest absolute Gasteiger partial charge is 0.239 e. The summed E-state index contributed by atoms with van der Waals surface area (Å²) in [5, 5.41) is 1.26. The first-order chi connectivity index (χ1) is 14.7. The molecule has 1 aromatic heterocycles. The number of carbonyl (C=O) groups excluding carboxylic acids is 1. The molecule has 0 aliphatic carbocycles. The van der Waals surface area contributed by atoms with Crippen LogP contribution in [-0.4, -0.2) is 46.4 Å². The van der Waals surface area contributed by atoms with Gasteiger partial charge in [0, 0.05) is 41.7 Å². The maximum atomic E-state index is 13.3. The summed E-state index contributed by atoms with van der Waals surface area (Å²) in [7, 11) is 0. The van der Waals surface area contributed by atoms with Crippen LogP contribution in [0.25, 0.3) is 10.9 Å². The molecule has 30 heavy (non-hydrogen) atoms. The van der Waals surface area contributed by atoms with Gasteiger partial charge in [-0.2, -0.15) is 0 Å². The van der Waals surface area contributed by atoms with Gasteiger partial charge in [0.15, 0.2) is 0 Å². The Kier molecular flexibility index (Phi) is 5.34. The third kappa shape index (κ3) is 3.77. The minimum Gasteiger partial charge on any atom is -0.358 e. The molecular formula is C26H31N3O. The largest absolute Gasteiger partial charge is 0.358 e. The van der Waals surface area contributed by atoms with Gasteiger partial charge < -0.3 is 9.88 Å². The van der Waals surface area contributed by atoms with Crippen molar-refractivity contribution in [2.24, 2.45) is 5.92 Å². The molecule has 4 heteroatoms. The molecule has 1 unspecified atom stereocenters. The average molecular weight is 402 g/mol. The molecule has 1 fully saturated rings. The minimum atomic E-state index is -0.0329. The van der Waals surface area contributed by atoms with Gasteiger partial charge >= 0.3 is 0 Å². The fraction of sp³-hybridized carbons (Fsp3) is 0.423. The van der Waals surface area contributed by atoms with Gasteiger partial charge in [-0.05, 0) is 56.8 Å². The molecule has 2 aliphatic heterocycles. The van der Waals surface area contributed by atoms with Crippen LogP contribution < -0.4 is 0 Å². The van der Waals surface area contributed by atoms with E-state index < -0.39 is 0 Å². The van der Waals surface area contributed by atoms with E-state index in [0.717, 1.165) is 44.9 Å². The van der Waals surface area contributed by atoms with E-state index in [1.54, 1.807) is 0 Å². The SMILES string of the molecule is CC(C(=O)N1CCc2[nH]c3ccccc3c2C1)N1CCC(Cc2ccccc2)CC1. The molecule has 0 spiro atoms. The van der Waals surface area contributed by atoms with Gasteiger partial charge in [-0.3, -0.25) is 9.69 Å². The number of benzene rings is 2. The Labute approximate surface area is 178 Å². The first-order valence-corrected chi connectivity index (χ1v) is 11.3. The number of para-hydroxylation sites is 1. The number of likely N-dealkylation sites (tertiary alicyclic amines) is 1. The highest BCUT2D eigenvalue weighted by Gasteiger charge is 2.31. The number of carbonyl (C=O) groups is 1. The highest BCUT2D eigenvalue weighted by Crippen LogP contribution is 2.29.